The van der Waals surface area contributed by atoms with Crippen molar-refractivity contribution >= 4 is 16.7 Å². The van der Waals surface area contributed by atoms with Gasteiger partial charge in [-0.05, 0) is 18.9 Å². The molecule has 31 heavy (non-hydrogen) atoms. The van der Waals surface area contributed by atoms with Gasteiger partial charge in [-0.15, -0.1) is 10.1 Å². The van der Waals surface area contributed by atoms with Crippen LogP contribution in [0.15, 0.2) is 6.07 Å². The van der Waals surface area contributed by atoms with Crippen molar-refractivity contribution in [3.63, 3.8) is 0 Å². The molecule has 0 spiro atoms. The number of anilines is 1. The van der Waals surface area contributed by atoms with E-state index in [9.17, 15) is 0 Å². The highest BCUT2D eigenvalue weighted by molar-refractivity contribution is 5.97. The Morgan fingerprint density at radius 3 is 2.19 bits per heavy atom. The van der Waals surface area contributed by atoms with Crippen LogP contribution in [-0.4, -0.2) is 59.8 Å². The minimum absolute atomic E-state index is 0.178. The minimum Gasteiger partial charge on any atom is -0.493 e. The second kappa shape index (κ2) is 13.3. The number of aromatic nitrogens is 2. The molecule has 174 valence electrons. The van der Waals surface area contributed by atoms with Crippen molar-refractivity contribution in [2.24, 2.45) is 0 Å². The number of methoxy groups -OCH3 is 3. The number of aliphatic hydroxyl groups is 1. The lowest BCUT2D eigenvalue weighted by molar-refractivity contribution is -0.742. The molecule has 0 aliphatic rings. The summed E-state index contributed by atoms with van der Waals surface area (Å²) in [7, 11) is 4.78. The van der Waals surface area contributed by atoms with Gasteiger partial charge in [-0.2, -0.15) is 0 Å². The summed E-state index contributed by atoms with van der Waals surface area (Å²) in [4.78, 5) is 17.8. The Morgan fingerprint density at radius 2 is 1.68 bits per heavy atom. The molecule has 0 aliphatic carbocycles. The number of aliphatic hydroxyl groups excluding tert-OH is 1. The highest BCUT2D eigenvalue weighted by atomic mass is 16.9. The van der Waals surface area contributed by atoms with Crippen molar-refractivity contribution in [2.45, 2.75) is 45.4 Å². The molecule has 1 aromatic heterocycles. The number of benzene rings is 1. The molecule has 1 aromatic carbocycles. The summed E-state index contributed by atoms with van der Waals surface area (Å²) in [6.07, 6.45) is 3.95. The van der Waals surface area contributed by atoms with Crippen LogP contribution in [0.5, 0.6) is 17.2 Å². The molecule has 3 N–H and O–H groups in total. The van der Waals surface area contributed by atoms with Gasteiger partial charge in [-0.1, -0.05) is 26.7 Å². The minimum atomic E-state index is -1.50. The summed E-state index contributed by atoms with van der Waals surface area (Å²) in [6.45, 7) is 5.18. The number of rotatable bonds is 11. The van der Waals surface area contributed by atoms with Crippen LogP contribution in [0.1, 0.15) is 51.3 Å². The lowest BCUT2D eigenvalue weighted by Crippen LogP contribution is -2.09. The van der Waals surface area contributed by atoms with Crippen LogP contribution in [-0.2, 0) is 0 Å². The first-order valence-electron chi connectivity index (χ1n) is 9.99. The summed E-state index contributed by atoms with van der Waals surface area (Å²) in [5, 5.41) is 26.8. The van der Waals surface area contributed by atoms with Gasteiger partial charge < -0.3 is 29.8 Å². The molecule has 0 radical (unpaired) electrons. The second-order valence-corrected chi connectivity index (χ2v) is 6.93. The molecule has 11 heteroatoms. The van der Waals surface area contributed by atoms with Crippen LogP contribution in [0.4, 0.5) is 5.82 Å². The van der Waals surface area contributed by atoms with E-state index in [4.69, 9.17) is 44.6 Å². The number of nitrogens with one attached hydrogen (secondary N) is 1. The smallest absolute Gasteiger partial charge is 0.291 e. The lowest BCUT2D eigenvalue weighted by Gasteiger charge is -2.18. The van der Waals surface area contributed by atoms with Gasteiger partial charge in [0.1, 0.15) is 17.2 Å². The average Bonchev–Trinajstić information content (AvgIpc) is 2.73. The number of fused-ring (bicyclic) bond motifs is 1. The van der Waals surface area contributed by atoms with E-state index < -0.39 is 5.09 Å². The topological polar surface area (TPSA) is 149 Å². The number of hydrogen-bond donors (Lipinski definition) is 3. The van der Waals surface area contributed by atoms with Gasteiger partial charge >= 0.3 is 0 Å². The molecule has 0 atom stereocenters. The fraction of sp³-hybridized carbons (Fsp3) is 0.600. The van der Waals surface area contributed by atoms with E-state index >= 15 is 0 Å². The van der Waals surface area contributed by atoms with Crippen LogP contribution in [0, 0.1) is 10.1 Å². The molecular weight excluding hydrogens is 408 g/mol. The fourth-order valence-corrected chi connectivity index (χ4v) is 2.94. The Morgan fingerprint density at radius 1 is 1.06 bits per heavy atom. The normalized spacial score (nSPS) is 10.4. The molecule has 0 amide bonds. The first-order chi connectivity index (χ1) is 14.8. The highest BCUT2D eigenvalue weighted by Crippen LogP contribution is 2.44. The second-order valence-electron chi connectivity index (χ2n) is 6.93. The van der Waals surface area contributed by atoms with Crippen molar-refractivity contribution in [1.82, 2.24) is 9.97 Å². The standard InChI is InChI=1S/C20H31N3O4.HNO3/c1-13(2)19-22-16-14(12-15(25-3)17(26-4)18(16)27-5)20(23-19)21-10-8-6-7-9-11-24;2-1(3)4/h12-13,24H,6-11H2,1-5H3,(H,21,22,23);(H,2,3,4). The Bertz CT molecular complexity index is 842. The maximum Gasteiger partial charge on any atom is 0.291 e. The van der Waals surface area contributed by atoms with Crippen LogP contribution >= 0.6 is 0 Å². The molecule has 0 saturated carbocycles. The van der Waals surface area contributed by atoms with Crippen molar-refractivity contribution in [3.05, 3.63) is 22.0 Å². The van der Waals surface area contributed by atoms with Crippen molar-refractivity contribution in [2.75, 3.05) is 39.8 Å². The van der Waals surface area contributed by atoms with Crippen LogP contribution < -0.4 is 19.5 Å². The predicted molar refractivity (Wildman–Crippen MR) is 116 cm³/mol. The zero-order valence-corrected chi connectivity index (χ0v) is 18.7. The van der Waals surface area contributed by atoms with Gasteiger partial charge in [-0.25, -0.2) is 9.97 Å². The summed E-state index contributed by atoms with van der Waals surface area (Å²) >= 11 is 0. The van der Waals surface area contributed by atoms with Crippen LogP contribution in [0.25, 0.3) is 10.9 Å². The SMILES string of the molecule is COc1cc2c(NCCCCCCO)nc(C(C)C)nc2c(OC)c1OC.O=[N+]([O-])O. The zero-order valence-electron chi connectivity index (χ0n) is 18.7. The number of hydrogen-bond acceptors (Lipinski definition) is 9. The van der Waals surface area contributed by atoms with E-state index in [0.29, 0.717) is 22.8 Å². The van der Waals surface area contributed by atoms with Crippen LogP contribution in [0.2, 0.25) is 0 Å². The van der Waals surface area contributed by atoms with Gasteiger partial charge in [0, 0.05) is 19.1 Å². The Kier molecular flexibility index (Phi) is 11.1. The van der Waals surface area contributed by atoms with E-state index in [1.54, 1.807) is 21.3 Å². The largest absolute Gasteiger partial charge is 0.493 e. The van der Waals surface area contributed by atoms with Gasteiger partial charge in [-0.3, -0.25) is 0 Å². The number of nitrogens with zero attached hydrogens (tertiary/aromatic N) is 3. The maximum atomic E-state index is 8.88. The summed E-state index contributed by atoms with van der Waals surface area (Å²) in [5.74, 6) is 3.34. The van der Waals surface area contributed by atoms with Crippen molar-refractivity contribution < 1.29 is 29.6 Å². The third-order valence-electron chi connectivity index (χ3n) is 4.41. The molecule has 0 aliphatic heterocycles. The van der Waals surface area contributed by atoms with E-state index in [-0.39, 0.29) is 12.5 Å². The first kappa shape index (κ1) is 26.0. The summed E-state index contributed by atoms with van der Waals surface area (Å²) in [6, 6.07) is 1.88. The quantitative estimate of drug-likeness (QED) is 0.269. The van der Waals surface area contributed by atoms with Gasteiger partial charge in [0.05, 0.1) is 26.7 Å². The van der Waals surface area contributed by atoms with Crippen molar-refractivity contribution in [3.8, 4) is 17.2 Å². The lowest BCUT2D eigenvalue weighted by atomic mass is 10.1. The third-order valence-corrected chi connectivity index (χ3v) is 4.41. The summed E-state index contributed by atoms with van der Waals surface area (Å²) < 4.78 is 16.6. The Balaban J connectivity index is 0.00000110. The van der Waals surface area contributed by atoms with E-state index in [0.717, 1.165) is 49.3 Å². The van der Waals surface area contributed by atoms with Gasteiger partial charge in [0.2, 0.25) is 5.75 Å². The fourth-order valence-electron chi connectivity index (χ4n) is 2.94. The Labute approximate surface area is 181 Å². The molecule has 0 fully saturated rings. The van der Waals surface area contributed by atoms with Gasteiger partial charge in [0.25, 0.3) is 5.09 Å². The molecule has 0 saturated heterocycles. The molecule has 2 rings (SSSR count). The zero-order chi connectivity index (χ0) is 23.4. The highest BCUT2D eigenvalue weighted by Gasteiger charge is 2.21. The molecular formula is C20H32N4O7. The third kappa shape index (κ3) is 7.59. The van der Waals surface area contributed by atoms with E-state index in [1.165, 1.54) is 0 Å². The molecule has 2 aromatic rings. The van der Waals surface area contributed by atoms with E-state index in [2.05, 4.69) is 19.2 Å². The van der Waals surface area contributed by atoms with Crippen LogP contribution in [0.3, 0.4) is 0 Å². The Hall–Kier alpha value is -3.08. The maximum absolute atomic E-state index is 8.88. The molecule has 0 unspecified atom stereocenters. The number of unbranched alkanes of at least 4 members (excludes halogenated alkanes) is 3. The molecule has 11 nitrogen and oxygen atoms in total. The number of ether oxygens (including phenoxy) is 3. The average molecular weight is 440 g/mol. The predicted octanol–water partition coefficient (Wildman–Crippen LogP) is 3.40. The first-order valence-corrected chi connectivity index (χ1v) is 9.99. The molecule has 0 bridgehead atoms. The summed E-state index contributed by atoms with van der Waals surface area (Å²) in [5.41, 5.74) is 0.705. The van der Waals surface area contributed by atoms with E-state index in [1.807, 2.05) is 6.07 Å². The monoisotopic (exact) mass is 440 g/mol. The van der Waals surface area contributed by atoms with Gasteiger partial charge in [0.15, 0.2) is 11.5 Å². The van der Waals surface area contributed by atoms with Crippen molar-refractivity contribution in [1.29, 1.82) is 0 Å². The molecule has 1 heterocycles.